The number of furan rings is 1. The van der Waals surface area contributed by atoms with Gasteiger partial charge in [-0.25, -0.2) is 13.1 Å². The van der Waals surface area contributed by atoms with Crippen molar-refractivity contribution >= 4 is 15.9 Å². The van der Waals surface area contributed by atoms with E-state index in [2.05, 4.69) is 10.0 Å². The first-order chi connectivity index (χ1) is 14.0. The number of nitrogens with one attached hydrogen (secondary N) is 2. The van der Waals surface area contributed by atoms with Crippen molar-refractivity contribution in [2.45, 2.75) is 50.0 Å². The number of aryl methyl sites for hydroxylation is 2. The zero-order valence-electron chi connectivity index (χ0n) is 16.5. The molecule has 1 aliphatic rings. The van der Waals surface area contributed by atoms with E-state index in [1.54, 1.807) is 24.5 Å². The molecule has 1 aliphatic carbocycles. The molecule has 0 saturated carbocycles. The molecule has 0 fully saturated rings. The summed E-state index contributed by atoms with van der Waals surface area (Å²) in [7, 11) is -3.60. The van der Waals surface area contributed by atoms with Crippen LogP contribution in [0.1, 0.15) is 42.6 Å². The monoisotopic (exact) mass is 420 g/mol. The number of amides is 1. The van der Waals surface area contributed by atoms with Crippen LogP contribution in [0.2, 0.25) is 0 Å². The lowest BCUT2D eigenvalue weighted by atomic mass is 9.92. The topological polar surface area (TPSA) is 97.6 Å². The fourth-order valence-corrected chi connectivity index (χ4v) is 4.40. The zero-order valence-corrected chi connectivity index (χ0v) is 17.3. The van der Waals surface area contributed by atoms with E-state index < -0.39 is 10.0 Å². The van der Waals surface area contributed by atoms with Gasteiger partial charge in [-0.05, 0) is 67.5 Å². The van der Waals surface area contributed by atoms with E-state index in [1.165, 1.54) is 5.56 Å². The molecular formula is C21H28N2O5S. The van der Waals surface area contributed by atoms with Gasteiger partial charge >= 0.3 is 0 Å². The molecule has 0 unspecified atom stereocenters. The lowest BCUT2D eigenvalue weighted by Gasteiger charge is -2.16. The van der Waals surface area contributed by atoms with Gasteiger partial charge in [0.1, 0.15) is 12.4 Å². The maximum atomic E-state index is 12.5. The second-order valence-corrected chi connectivity index (χ2v) is 8.89. The first-order valence-corrected chi connectivity index (χ1v) is 11.5. The second-order valence-electron chi connectivity index (χ2n) is 7.12. The van der Waals surface area contributed by atoms with Crippen molar-refractivity contribution in [1.82, 2.24) is 10.0 Å². The van der Waals surface area contributed by atoms with Crippen LogP contribution in [-0.4, -0.2) is 34.0 Å². The Bertz CT molecular complexity index is 894. The van der Waals surface area contributed by atoms with Crippen LogP contribution in [0.3, 0.4) is 0 Å². The van der Waals surface area contributed by atoms with Crippen molar-refractivity contribution in [2.75, 3.05) is 19.7 Å². The highest BCUT2D eigenvalue weighted by molar-refractivity contribution is 7.89. The smallest absolute Gasteiger partial charge is 0.240 e. The Balaban J connectivity index is 1.32. The van der Waals surface area contributed by atoms with Gasteiger partial charge in [-0.3, -0.25) is 4.79 Å². The van der Waals surface area contributed by atoms with Gasteiger partial charge in [0.15, 0.2) is 0 Å². The van der Waals surface area contributed by atoms with Gasteiger partial charge in [-0.15, -0.1) is 0 Å². The molecule has 29 heavy (non-hydrogen) atoms. The second kappa shape index (κ2) is 10.6. The normalized spacial score (nSPS) is 13.8. The Morgan fingerprint density at radius 1 is 1.10 bits per heavy atom. The molecule has 0 spiro atoms. The number of rotatable bonds is 11. The molecule has 8 heteroatoms. The SMILES string of the molecule is O=C(CCNS(=O)(=O)c1ccc2c(c1)CCCC2)NCCCOCc1ccco1. The third-order valence-electron chi connectivity index (χ3n) is 4.89. The predicted octanol–water partition coefficient (Wildman–Crippen LogP) is 2.55. The van der Waals surface area contributed by atoms with Gasteiger partial charge in [0.25, 0.3) is 0 Å². The van der Waals surface area contributed by atoms with E-state index in [4.69, 9.17) is 9.15 Å². The van der Waals surface area contributed by atoms with E-state index in [9.17, 15) is 13.2 Å². The van der Waals surface area contributed by atoms with Gasteiger partial charge in [-0.2, -0.15) is 0 Å². The summed E-state index contributed by atoms with van der Waals surface area (Å²) in [4.78, 5) is 12.1. The largest absolute Gasteiger partial charge is 0.467 e. The van der Waals surface area contributed by atoms with Gasteiger partial charge in [0.05, 0.1) is 11.2 Å². The van der Waals surface area contributed by atoms with Crippen LogP contribution in [-0.2, 0) is 39.0 Å². The lowest BCUT2D eigenvalue weighted by Crippen LogP contribution is -2.31. The molecule has 3 rings (SSSR count). The van der Waals surface area contributed by atoms with Crippen molar-refractivity contribution in [1.29, 1.82) is 0 Å². The number of fused-ring (bicyclic) bond motifs is 1. The molecule has 1 amide bonds. The summed E-state index contributed by atoms with van der Waals surface area (Å²) < 4.78 is 38.0. The quantitative estimate of drug-likeness (QED) is 0.545. The zero-order chi connectivity index (χ0) is 20.5. The maximum absolute atomic E-state index is 12.5. The van der Waals surface area contributed by atoms with Crippen LogP contribution < -0.4 is 10.0 Å². The molecule has 1 heterocycles. The Morgan fingerprint density at radius 3 is 2.72 bits per heavy atom. The Labute approximate surface area is 171 Å². The summed E-state index contributed by atoms with van der Waals surface area (Å²) in [6.45, 7) is 1.46. The van der Waals surface area contributed by atoms with Crippen LogP contribution >= 0.6 is 0 Å². The molecule has 1 aromatic heterocycles. The average Bonchev–Trinajstić information content (AvgIpc) is 3.23. The van der Waals surface area contributed by atoms with E-state index in [0.29, 0.717) is 26.2 Å². The molecule has 1 aromatic carbocycles. The van der Waals surface area contributed by atoms with E-state index in [0.717, 1.165) is 37.0 Å². The van der Waals surface area contributed by atoms with Crippen LogP contribution in [0.5, 0.6) is 0 Å². The minimum absolute atomic E-state index is 0.0697. The van der Waals surface area contributed by atoms with Gasteiger partial charge < -0.3 is 14.5 Å². The number of sulfonamides is 1. The summed E-state index contributed by atoms with van der Waals surface area (Å²) in [5.41, 5.74) is 2.36. The number of ether oxygens (including phenoxy) is 1. The minimum atomic E-state index is -3.60. The highest BCUT2D eigenvalue weighted by Crippen LogP contribution is 2.23. The van der Waals surface area contributed by atoms with E-state index in [1.807, 2.05) is 12.1 Å². The maximum Gasteiger partial charge on any atom is 0.240 e. The van der Waals surface area contributed by atoms with Gasteiger partial charge in [-0.1, -0.05) is 6.07 Å². The number of benzene rings is 1. The summed E-state index contributed by atoms with van der Waals surface area (Å²) in [5.74, 6) is 0.574. The first-order valence-electron chi connectivity index (χ1n) is 10.0. The van der Waals surface area contributed by atoms with Crippen molar-refractivity contribution in [3.8, 4) is 0 Å². The molecule has 0 aliphatic heterocycles. The van der Waals surface area contributed by atoms with Gasteiger partial charge in [0, 0.05) is 26.1 Å². The number of hydrogen-bond donors (Lipinski definition) is 2. The summed E-state index contributed by atoms with van der Waals surface area (Å²) >= 11 is 0. The lowest BCUT2D eigenvalue weighted by molar-refractivity contribution is -0.120. The molecule has 2 aromatic rings. The summed E-state index contributed by atoms with van der Waals surface area (Å²) in [6, 6.07) is 8.96. The molecular weight excluding hydrogens is 392 g/mol. The molecule has 0 radical (unpaired) electrons. The highest BCUT2D eigenvalue weighted by Gasteiger charge is 2.17. The van der Waals surface area contributed by atoms with Crippen molar-refractivity contribution in [3.63, 3.8) is 0 Å². The third-order valence-corrected chi connectivity index (χ3v) is 6.35. The fraction of sp³-hybridized carbons (Fsp3) is 0.476. The Morgan fingerprint density at radius 2 is 1.93 bits per heavy atom. The molecule has 0 bridgehead atoms. The summed E-state index contributed by atoms with van der Waals surface area (Å²) in [5, 5.41) is 2.77. The van der Waals surface area contributed by atoms with E-state index >= 15 is 0 Å². The van der Waals surface area contributed by atoms with E-state index in [-0.39, 0.29) is 23.8 Å². The molecule has 0 atom stereocenters. The average molecular weight is 421 g/mol. The first kappa shape index (κ1) is 21.5. The standard InChI is InChI=1S/C21H28N2O5S/c24-21(22-11-4-13-27-16-19-7-3-14-28-19)10-12-23-29(25,26)20-9-8-17-5-1-2-6-18(17)15-20/h3,7-9,14-15,23H,1-2,4-6,10-13,16H2,(H,22,24). The molecule has 0 saturated heterocycles. The van der Waals surface area contributed by atoms with Crippen molar-refractivity contribution in [2.24, 2.45) is 0 Å². The summed E-state index contributed by atoms with van der Waals surface area (Å²) in [6.07, 6.45) is 6.55. The van der Waals surface area contributed by atoms with Crippen LogP contribution in [0.25, 0.3) is 0 Å². The molecule has 7 nitrogen and oxygen atoms in total. The Hall–Kier alpha value is -2.16. The molecule has 158 valence electrons. The number of carbonyl (C=O) groups excluding carboxylic acids is 1. The van der Waals surface area contributed by atoms with Crippen LogP contribution in [0, 0.1) is 0 Å². The molecule has 2 N–H and O–H groups in total. The number of carbonyl (C=O) groups is 1. The van der Waals surface area contributed by atoms with Crippen LogP contribution in [0.15, 0.2) is 45.9 Å². The van der Waals surface area contributed by atoms with Crippen LogP contribution in [0.4, 0.5) is 0 Å². The third kappa shape index (κ3) is 6.69. The predicted molar refractivity (Wildman–Crippen MR) is 109 cm³/mol. The highest BCUT2D eigenvalue weighted by atomic mass is 32.2. The van der Waals surface area contributed by atoms with Gasteiger partial charge in [0.2, 0.25) is 15.9 Å². The fourth-order valence-electron chi connectivity index (χ4n) is 3.32. The number of hydrogen-bond acceptors (Lipinski definition) is 5. The van der Waals surface area contributed by atoms with Crippen molar-refractivity contribution < 1.29 is 22.4 Å². The minimum Gasteiger partial charge on any atom is -0.467 e. The Kier molecular flexibility index (Phi) is 7.85. The van der Waals surface area contributed by atoms with Crippen molar-refractivity contribution in [3.05, 3.63) is 53.5 Å².